The molecule has 0 saturated carbocycles. The number of hydrogen-bond donors (Lipinski definition) is 0. The molecule has 0 aromatic heterocycles. The summed E-state index contributed by atoms with van der Waals surface area (Å²) in [5, 5.41) is 0. The zero-order valence-electron chi connectivity index (χ0n) is 4.09. The van der Waals surface area contributed by atoms with E-state index in [1.807, 2.05) is 0 Å². The minimum Gasteiger partial charge on any atom is -0.189 e. The van der Waals surface area contributed by atoms with Crippen LogP contribution in [-0.4, -0.2) is 11.8 Å². The Balaban J connectivity index is 4.40. The Labute approximate surface area is 63.6 Å². The monoisotopic (exact) mass is 220 g/mol. The van der Waals surface area contributed by atoms with Crippen molar-refractivity contribution in [3.8, 4) is 0 Å². The molecule has 0 nitrogen and oxygen atoms in total. The van der Waals surface area contributed by atoms with Gasteiger partial charge in [0, 0.05) is 0 Å². The van der Waals surface area contributed by atoms with Crippen molar-refractivity contribution in [1.82, 2.24) is 0 Å². The van der Waals surface area contributed by atoms with E-state index in [0.29, 0.717) is 0 Å². The first kappa shape index (κ1) is 10.7. The molecule has 0 N–H and O–H groups in total. The van der Waals surface area contributed by atoms with Crippen molar-refractivity contribution >= 4 is 29.1 Å². The van der Waals surface area contributed by atoms with E-state index >= 15 is 0 Å². The van der Waals surface area contributed by atoms with Gasteiger partial charge in [-0.05, 0) is 0 Å². The van der Waals surface area contributed by atoms with E-state index in [0.717, 1.165) is 0 Å². The number of rotatable bonds is 1. The average Bonchev–Trinajstić information content (AvgIpc) is 1.62. The lowest BCUT2D eigenvalue weighted by Gasteiger charge is -2.18. The van der Waals surface area contributed by atoms with Gasteiger partial charge in [0.15, 0.2) is 6.63 Å². The summed E-state index contributed by atoms with van der Waals surface area (Å²) in [5.41, 5.74) is -4.97. The fraction of sp³-hybridized carbons (Fsp3) is 1.00. The molecule has 0 aliphatic heterocycles. The van der Waals surface area contributed by atoms with Gasteiger partial charge >= 0.3 is 11.8 Å². The largest absolute Gasteiger partial charge is 0.460 e. The second kappa shape index (κ2) is 2.95. The summed E-state index contributed by atoms with van der Waals surface area (Å²) in [6.45, 7) is -3.35. The minimum absolute atomic E-state index is 3.35. The van der Waals surface area contributed by atoms with Gasteiger partial charge in [-0.15, -0.1) is 0 Å². The van der Waals surface area contributed by atoms with Gasteiger partial charge in [-0.25, -0.2) is 0 Å². The van der Waals surface area contributed by atoms with Crippen LogP contribution < -0.4 is 0 Å². The van der Waals surface area contributed by atoms with Crippen molar-refractivity contribution in [3.63, 3.8) is 0 Å². The summed E-state index contributed by atoms with van der Waals surface area (Å²) in [7, 11) is 0. The van der Waals surface area contributed by atoms with Crippen LogP contribution in [0.2, 0.25) is 0 Å². The van der Waals surface area contributed by atoms with Gasteiger partial charge in [0.05, 0.1) is 0 Å². The van der Waals surface area contributed by atoms with Crippen LogP contribution in [-0.2, 0) is 0 Å². The fourth-order valence-corrected chi connectivity index (χ4v) is 0.862. The fourth-order valence-electron chi connectivity index (χ4n) is 0.0958. The van der Waals surface area contributed by atoms with Crippen LogP contribution >= 0.6 is 29.1 Å². The average molecular weight is 221 g/mol. The summed E-state index contributed by atoms with van der Waals surface area (Å²) >= 11 is 8.83. The molecular weight excluding hydrogens is 221 g/mol. The standard InChI is InChI=1S/C2Cl2F5P/c3-10(4)2(8,9)1(5,6)7. The molecule has 0 aliphatic carbocycles. The molecule has 0 fully saturated rings. The summed E-state index contributed by atoms with van der Waals surface area (Å²) in [4.78, 5) is 0. The third-order valence-electron chi connectivity index (χ3n) is 0.553. The Morgan fingerprint density at radius 2 is 1.20 bits per heavy atom. The molecule has 10 heavy (non-hydrogen) atoms. The predicted octanol–water partition coefficient (Wildman–Crippen LogP) is 3.93. The molecular formula is C2Cl2F5P. The van der Waals surface area contributed by atoms with E-state index in [9.17, 15) is 22.0 Å². The highest BCUT2D eigenvalue weighted by Gasteiger charge is 2.62. The van der Waals surface area contributed by atoms with Gasteiger partial charge in [0.2, 0.25) is 0 Å². The summed E-state index contributed by atoms with van der Waals surface area (Å²) in [6, 6.07) is 0. The lowest BCUT2D eigenvalue weighted by Crippen LogP contribution is -2.32. The van der Waals surface area contributed by atoms with Crippen LogP contribution in [0, 0.1) is 0 Å². The Morgan fingerprint density at radius 3 is 1.20 bits per heavy atom. The molecule has 62 valence electrons. The lowest BCUT2D eigenvalue weighted by atomic mass is 10.7. The highest BCUT2D eigenvalue weighted by molar-refractivity contribution is 8.04. The van der Waals surface area contributed by atoms with Crippen molar-refractivity contribution in [2.24, 2.45) is 0 Å². The minimum atomic E-state index is -5.65. The second-order valence-electron chi connectivity index (χ2n) is 1.27. The maximum Gasteiger partial charge on any atom is 0.460 e. The third-order valence-corrected chi connectivity index (χ3v) is 2.51. The number of halogens is 7. The number of alkyl halides is 5. The van der Waals surface area contributed by atoms with Crippen LogP contribution in [0.25, 0.3) is 0 Å². The molecule has 8 heteroatoms. The van der Waals surface area contributed by atoms with Gasteiger partial charge in [0.25, 0.3) is 0 Å². The first-order valence-electron chi connectivity index (χ1n) is 1.76. The van der Waals surface area contributed by atoms with Crippen LogP contribution in [0.15, 0.2) is 0 Å². The molecule has 0 spiro atoms. The second-order valence-corrected chi connectivity index (χ2v) is 4.85. The van der Waals surface area contributed by atoms with Gasteiger partial charge in [-0.1, -0.05) is 22.5 Å². The molecule has 0 radical (unpaired) electrons. The maximum absolute atomic E-state index is 11.7. The normalized spacial score (nSPS) is 14.4. The highest BCUT2D eigenvalue weighted by atomic mass is 35.9. The number of hydrogen-bond acceptors (Lipinski definition) is 0. The van der Waals surface area contributed by atoms with Gasteiger partial charge in [0.1, 0.15) is 0 Å². The molecule has 0 heterocycles. The smallest absolute Gasteiger partial charge is 0.189 e. The zero-order chi connectivity index (χ0) is 8.58. The summed E-state index contributed by atoms with van der Waals surface area (Å²) < 4.78 is 56.9. The molecule has 0 aromatic carbocycles. The SMILES string of the molecule is FC(F)(F)C(F)(F)P(Cl)Cl. The maximum atomic E-state index is 11.7. The molecule has 0 rings (SSSR count). The van der Waals surface area contributed by atoms with Crippen LogP contribution in [0.5, 0.6) is 0 Å². The van der Waals surface area contributed by atoms with Crippen LogP contribution in [0.3, 0.4) is 0 Å². The Kier molecular flexibility index (Phi) is 3.15. The molecule has 0 aromatic rings. The van der Waals surface area contributed by atoms with Crippen molar-refractivity contribution in [2.45, 2.75) is 11.8 Å². The lowest BCUT2D eigenvalue weighted by molar-refractivity contribution is -0.239. The molecule has 0 amide bonds. The Morgan fingerprint density at radius 1 is 0.900 bits per heavy atom. The van der Waals surface area contributed by atoms with Gasteiger partial charge in [-0.2, -0.15) is 22.0 Å². The molecule has 0 aliphatic rings. The highest BCUT2D eigenvalue weighted by Crippen LogP contribution is 2.66. The van der Waals surface area contributed by atoms with Crippen molar-refractivity contribution in [1.29, 1.82) is 0 Å². The van der Waals surface area contributed by atoms with E-state index in [1.165, 1.54) is 0 Å². The third kappa shape index (κ3) is 2.07. The van der Waals surface area contributed by atoms with E-state index < -0.39 is 18.5 Å². The molecule has 0 bridgehead atoms. The quantitative estimate of drug-likeness (QED) is 0.464. The first-order valence-corrected chi connectivity index (χ1v) is 4.91. The summed E-state index contributed by atoms with van der Waals surface area (Å²) in [5.74, 6) is 0. The summed E-state index contributed by atoms with van der Waals surface area (Å²) in [6.07, 6.45) is -5.65. The van der Waals surface area contributed by atoms with E-state index in [1.54, 1.807) is 0 Å². The Hall–Kier alpha value is 0.660. The van der Waals surface area contributed by atoms with E-state index in [-0.39, 0.29) is 0 Å². The van der Waals surface area contributed by atoms with Crippen molar-refractivity contribution < 1.29 is 22.0 Å². The van der Waals surface area contributed by atoms with E-state index in [2.05, 4.69) is 22.5 Å². The van der Waals surface area contributed by atoms with Gasteiger partial charge in [-0.3, -0.25) is 0 Å². The van der Waals surface area contributed by atoms with Crippen LogP contribution in [0.1, 0.15) is 0 Å². The molecule has 0 saturated heterocycles. The van der Waals surface area contributed by atoms with Crippen molar-refractivity contribution in [3.05, 3.63) is 0 Å². The zero-order valence-corrected chi connectivity index (χ0v) is 6.50. The van der Waals surface area contributed by atoms with Crippen LogP contribution in [0.4, 0.5) is 22.0 Å². The molecule has 0 unspecified atom stereocenters. The Bertz CT molecular complexity index is 119. The first-order chi connectivity index (χ1) is 4.19. The predicted molar refractivity (Wildman–Crippen MR) is 29.6 cm³/mol. The van der Waals surface area contributed by atoms with Crippen molar-refractivity contribution in [2.75, 3.05) is 0 Å². The topological polar surface area (TPSA) is 0 Å². The van der Waals surface area contributed by atoms with Gasteiger partial charge < -0.3 is 0 Å². The molecule has 0 atom stereocenters. The van der Waals surface area contributed by atoms with E-state index in [4.69, 9.17) is 0 Å².